The van der Waals surface area contributed by atoms with Crippen LogP contribution in [-0.4, -0.2) is 119 Å². The van der Waals surface area contributed by atoms with Crippen molar-refractivity contribution in [2.24, 2.45) is 0 Å². The number of hydrogen-bond donors (Lipinski definition) is 0. The van der Waals surface area contributed by atoms with Crippen molar-refractivity contribution in [1.29, 1.82) is 0 Å². The van der Waals surface area contributed by atoms with Crippen LogP contribution in [0.15, 0.2) is 109 Å². The summed E-state index contributed by atoms with van der Waals surface area (Å²) in [4.78, 5) is 0. The lowest BCUT2D eigenvalue weighted by atomic mass is 9.61. The molecule has 0 aliphatic rings. The van der Waals surface area contributed by atoms with E-state index in [1.165, 1.54) is 165 Å². The van der Waals surface area contributed by atoms with Crippen molar-refractivity contribution in [2.75, 3.05) is 0 Å². The highest BCUT2D eigenvalue weighted by Gasteiger charge is 2.29. The van der Waals surface area contributed by atoms with Gasteiger partial charge in [-0.05, 0) is 74.5 Å². The maximum atomic E-state index is 2.64. The molecule has 0 spiro atoms. The summed E-state index contributed by atoms with van der Waals surface area (Å²) in [6.45, 7) is 0. The van der Waals surface area contributed by atoms with E-state index in [-0.39, 0.29) is 0 Å². The van der Waals surface area contributed by atoms with Crippen molar-refractivity contribution in [2.45, 2.75) is 0 Å². The van der Waals surface area contributed by atoms with Crippen molar-refractivity contribution in [3.05, 3.63) is 109 Å². The zero-order valence-corrected chi connectivity index (χ0v) is 40.3. The topological polar surface area (TPSA) is 9.86 Å². The number of nitrogens with zero attached hydrogens (tertiary/aromatic N) is 2. The van der Waals surface area contributed by atoms with E-state index in [0.717, 1.165) is 0 Å². The van der Waals surface area contributed by atoms with Crippen LogP contribution >= 0.6 is 0 Å². The van der Waals surface area contributed by atoms with Gasteiger partial charge in [0.15, 0.2) is 0 Å². The SMILES string of the molecule is Bc1c(B)c(B)c2c(c1B)c1c(B)c(-c3c(B)c(B)c4c(c3B)c3c(B)c(B)c(B)c(B)c3n4-c3cc(-c4ccccc4)cc(-c4ccccc4)c3)c(B)c(B)c1n2-c1ccccc1. The predicted molar refractivity (Wildman–Crippen MR) is 326 cm³/mol. The Kier molecular flexibility index (Phi) is 10.2. The zero-order valence-electron chi connectivity index (χ0n) is 40.3. The lowest BCUT2D eigenvalue weighted by Gasteiger charge is -2.24. The lowest BCUT2D eigenvalue weighted by molar-refractivity contribution is 1.19. The van der Waals surface area contributed by atoms with Crippen LogP contribution in [0.5, 0.6) is 0 Å². The molecule has 8 aromatic carbocycles. The van der Waals surface area contributed by atoms with Gasteiger partial charge in [-0.2, -0.15) is 0 Å². The van der Waals surface area contributed by atoms with Gasteiger partial charge in [0.25, 0.3) is 0 Å². The Labute approximate surface area is 390 Å². The Hall–Kier alpha value is -5.73. The Morgan fingerprint density at radius 1 is 0.234 bits per heavy atom. The summed E-state index contributed by atoms with van der Waals surface area (Å²) in [5, 5.41) is 5.50. The maximum Gasteiger partial charge on any atom is 0.141 e. The van der Waals surface area contributed by atoms with Crippen molar-refractivity contribution in [3.8, 4) is 44.8 Å². The van der Waals surface area contributed by atoms with Gasteiger partial charge in [0.1, 0.15) is 110 Å². The van der Waals surface area contributed by atoms with Crippen molar-refractivity contribution >= 4 is 230 Å². The van der Waals surface area contributed by atoms with Crippen LogP contribution in [0.3, 0.4) is 0 Å². The number of para-hydroxylation sites is 1. The minimum atomic E-state index is 1.19. The molecule has 2 nitrogen and oxygen atoms in total. The second-order valence-electron chi connectivity index (χ2n) is 18.9. The van der Waals surface area contributed by atoms with E-state index >= 15 is 0 Å². The Morgan fingerprint density at radius 2 is 0.531 bits per heavy atom. The molecule has 0 bridgehead atoms. The highest BCUT2D eigenvalue weighted by Crippen LogP contribution is 2.35. The quantitative estimate of drug-likeness (QED) is 0.153. The Balaban J connectivity index is 1.38. The van der Waals surface area contributed by atoms with Crippen LogP contribution in [0.4, 0.5) is 0 Å². The van der Waals surface area contributed by atoms with Crippen molar-refractivity contribution in [3.63, 3.8) is 0 Å². The summed E-state index contributed by atoms with van der Waals surface area (Å²) in [6.07, 6.45) is 0. The summed E-state index contributed by atoms with van der Waals surface area (Å²) in [6, 6.07) is 40.0. The Bertz CT molecular complexity index is 3580. The number of aromatic nitrogens is 2. The molecule has 0 unspecified atom stereocenters. The first-order chi connectivity index (χ1) is 30.6. The molecule has 0 amide bonds. The average Bonchev–Trinajstić information content (AvgIpc) is 3.88. The molecule has 0 aliphatic carbocycles. The second kappa shape index (κ2) is 15.5. The molecule has 0 radical (unpaired) electrons. The normalized spacial score (nSPS) is 11.7. The summed E-state index contributed by atoms with van der Waals surface area (Å²) >= 11 is 0. The van der Waals surface area contributed by atoms with E-state index in [1.807, 2.05) is 0 Å². The monoisotopic (exact) mass is 804 g/mol. The van der Waals surface area contributed by atoms with Gasteiger partial charge in [0, 0.05) is 44.2 Å². The molecular formula is C48H46B14N2. The number of fused-ring (bicyclic) bond motifs is 6. The van der Waals surface area contributed by atoms with Crippen LogP contribution in [0.2, 0.25) is 0 Å². The van der Waals surface area contributed by atoms with Gasteiger partial charge in [-0.1, -0.05) is 144 Å². The maximum absolute atomic E-state index is 2.64. The van der Waals surface area contributed by atoms with E-state index in [0.29, 0.717) is 0 Å². The van der Waals surface area contributed by atoms with Crippen LogP contribution in [-0.2, 0) is 0 Å². The van der Waals surface area contributed by atoms with Gasteiger partial charge in [-0.15, -0.1) is 10.9 Å². The smallest absolute Gasteiger partial charge is 0.141 e. The lowest BCUT2D eigenvalue weighted by Crippen LogP contribution is -2.48. The third kappa shape index (κ3) is 5.93. The van der Waals surface area contributed by atoms with Crippen LogP contribution in [0.25, 0.3) is 88.4 Å². The minimum Gasteiger partial charge on any atom is -0.310 e. The molecular weight excluding hydrogens is 756 g/mol. The van der Waals surface area contributed by atoms with Crippen LogP contribution < -0.4 is 76.5 Å². The number of rotatable bonds is 5. The molecule has 10 rings (SSSR count). The third-order valence-electron chi connectivity index (χ3n) is 15.9. The zero-order chi connectivity index (χ0) is 45.2. The molecule has 0 atom stereocenters. The van der Waals surface area contributed by atoms with Gasteiger partial charge < -0.3 is 9.13 Å². The first kappa shape index (κ1) is 42.2. The molecule has 16 heteroatoms. The fraction of sp³-hybridized carbons (Fsp3) is 0. The second-order valence-corrected chi connectivity index (χ2v) is 18.9. The third-order valence-corrected chi connectivity index (χ3v) is 15.9. The fourth-order valence-corrected chi connectivity index (χ4v) is 11.6. The van der Waals surface area contributed by atoms with Gasteiger partial charge in [-0.25, -0.2) is 0 Å². The first-order valence-corrected chi connectivity index (χ1v) is 23.1. The molecule has 0 N–H and O–H groups in total. The van der Waals surface area contributed by atoms with Crippen LogP contribution in [0, 0.1) is 0 Å². The average molecular weight is 802 g/mol. The van der Waals surface area contributed by atoms with E-state index in [1.54, 1.807) is 0 Å². The van der Waals surface area contributed by atoms with E-state index in [2.05, 4.69) is 228 Å². The van der Waals surface area contributed by atoms with E-state index in [4.69, 9.17) is 0 Å². The molecule has 2 heterocycles. The molecule has 64 heavy (non-hydrogen) atoms. The molecule has 0 saturated heterocycles. The van der Waals surface area contributed by atoms with Crippen molar-refractivity contribution < 1.29 is 0 Å². The number of hydrogen-bond acceptors (Lipinski definition) is 0. The van der Waals surface area contributed by atoms with Gasteiger partial charge >= 0.3 is 0 Å². The highest BCUT2D eigenvalue weighted by atomic mass is 15.0. The van der Waals surface area contributed by atoms with Crippen molar-refractivity contribution in [1.82, 2.24) is 9.13 Å². The van der Waals surface area contributed by atoms with E-state index in [9.17, 15) is 0 Å². The van der Waals surface area contributed by atoms with Gasteiger partial charge in [0.05, 0.1) is 0 Å². The van der Waals surface area contributed by atoms with E-state index < -0.39 is 0 Å². The molecule has 10 aromatic rings. The number of benzene rings is 8. The van der Waals surface area contributed by atoms with Crippen LogP contribution in [0.1, 0.15) is 0 Å². The standard InChI is InChI=1S/C48H46B14N2/c49-31-25(33(51)41(59)45-27(31)29-35(53)37(55)39(57)43(61)47(29)63(45)23-14-8-3-9-15-23)26-32(50)28-30-36(54)38(56)40(58)44(62)48(30)64(46(28)42(60)34(26)52)24-17-21(19-10-4-1-5-11-19)16-22(18-24)20-12-6-2-7-13-20/h1-18H,49-62H2. The Morgan fingerprint density at radius 3 is 0.906 bits per heavy atom. The predicted octanol–water partition coefficient (Wildman–Crippen LogP) is -11.5. The summed E-state index contributed by atoms with van der Waals surface area (Å²) in [5.74, 6) is 0. The fourth-order valence-electron chi connectivity index (χ4n) is 11.6. The summed E-state index contributed by atoms with van der Waals surface area (Å²) in [5.41, 5.74) is 34.3. The molecule has 2 aromatic heterocycles. The molecule has 290 valence electrons. The minimum absolute atomic E-state index is 1.19. The molecule has 0 aliphatic heterocycles. The summed E-state index contributed by atoms with van der Waals surface area (Å²) < 4.78 is 5.21. The first-order valence-electron chi connectivity index (χ1n) is 23.1. The molecule has 0 fully saturated rings. The largest absolute Gasteiger partial charge is 0.310 e. The highest BCUT2D eigenvalue weighted by molar-refractivity contribution is 6.72. The summed E-state index contributed by atoms with van der Waals surface area (Å²) in [7, 11) is 33.0. The van der Waals surface area contributed by atoms with Gasteiger partial charge in [0.2, 0.25) is 0 Å². The van der Waals surface area contributed by atoms with Gasteiger partial charge in [-0.3, -0.25) is 0 Å². The molecule has 0 saturated carbocycles.